The van der Waals surface area contributed by atoms with E-state index in [-0.39, 0.29) is 18.0 Å². The molecule has 2 unspecified atom stereocenters. The van der Waals surface area contributed by atoms with Gasteiger partial charge in [-0.1, -0.05) is 0 Å². The van der Waals surface area contributed by atoms with Gasteiger partial charge in [-0.15, -0.1) is 0 Å². The number of nitrogens with one attached hydrogen (secondary N) is 3. The zero-order chi connectivity index (χ0) is 28.0. The fourth-order valence-corrected chi connectivity index (χ4v) is 7.52. The summed E-state index contributed by atoms with van der Waals surface area (Å²) < 4.78 is 34.9. The molecule has 0 amide bonds. The minimum Gasteiger partial charge on any atom is -0.378 e. The lowest BCUT2D eigenvalue weighted by Crippen LogP contribution is -2.36. The van der Waals surface area contributed by atoms with E-state index in [1.807, 2.05) is 0 Å². The molecule has 0 saturated carbocycles. The van der Waals surface area contributed by atoms with Crippen LogP contribution in [0.3, 0.4) is 0 Å². The second kappa shape index (κ2) is 10.9. The number of hydrogen-bond acceptors (Lipinski definition) is 8. The Labute approximate surface area is 244 Å². The molecule has 3 aliphatic rings. The van der Waals surface area contributed by atoms with E-state index in [9.17, 15) is 8.42 Å². The number of benzene rings is 1. The number of sulfonamides is 1. The minimum atomic E-state index is -3.20. The fraction of sp³-hybridized carbons (Fsp3) is 0.464. The highest BCUT2D eigenvalue weighted by Gasteiger charge is 2.33. The van der Waals surface area contributed by atoms with Gasteiger partial charge in [0.2, 0.25) is 10.0 Å². The normalized spacial score (nSPS) is 21.2. The molecule has 0 spiro atoms. The monoisotopic (exact) mass is 629 g/mol. The molecule has 2 saturated heterocycles. The van der Waals surface area contributed by atoms with Crippen molar-refractivity contribution in [3.05, 3.63) is 58.0 Å². The number of halogens is 1. The number of pyridine rings is 1. The molecule has 5 heterocycles. The van der Waals surface area contributed by atoms with Crippen molar-refractivity contribution < 1.29 is 13.2 Å². The van der Waals surface area contributed by atoms with Crippen LogP contribution in [0.4, 0.5) is 22.9 Å². The lowest BCUT2D eigenvalue weighted by Gasteiger charge is -2.29. The first-order chi connectivity index (χ1) is 19.2. The number of aryl methyl sites for hydroxylation is 1. The number of rotatable bonds is 7. The predicted molar refractivity (Wildman–Crippen MR) is 163 cm³/mol. The molecular weight excluding hydrogens is 594 g/mol. The molecule has 2 aromatic heterocycles. The first kappa shape index (κ1) is 27.4. The highest BCUT2D eigenvalue weighted by molar-refractivity contribution is 9.10. The molecule has 214 valence electrons. The van der Waals surface area contributed by atoms with Crippen LogP contribution in [0.15, 0.2) is 41.0 Å². The van der Waals surface area contributed by atoms with Gasteiger partial charge in [0.05, 0.1) is 29.1 Å². The summed E-state index contributed by atoms with van der Waals surface area (Å²) in [6.45, 7) is 10.3. The molecule has 0 radical (unpaired) electrons. The Morgan fingerprint density at radius 3 is 2.55 bits per heavy atom. The largest absolute Gasteiger partial charge is 0.378 e. The van der Waals surface area contributed by atoms with Crippen molar-refractivity contribution in [2.75, 3.05) is 66.0 Å². The number of morpholine rings is 1. The highest BCUT2D eigenvalue weighted by atomic mass is 79.9. The standard InChI is InChI=1S/C28H36BrN7O3S/c1-4-40(37,38)35-10-9-20(17-35)31-25-24(29)16-30-28-26(25)32-27(33-28)23-15-18(2)36(19(23)3)22-7-5-21(6-8-22)34-11-13-39-14-12-34/h5-8,15-16,20,27,32H,4,9-14,17H2,1-3H3,(H2,30,31,33). The Hall–Kier alpha value is -2.80. The predicted octanol–water partition coefficient (Wildman–Crippen LogP) is 4.46. The Morgan fingerprint density at radius 1 is 1.10 bits per heavy atom. The van der Waals surface area contributed by atoms with Crippen LogP contribution in [-0.4, -0.2) is 73.5 Å². The van der Waals surface area contributed by atoms with Crippen molar-refractivity contribution >= 4 is 48.8 Å². The summed E-state index contributed by atoms with van der Waals surface area (Å²) in [4.78, 5) is 6.98. The zero-order valence-electron chi connectivity index (χ0n) is 23.1. The van der Waals surface area contributed by atoms with E-state index in [2.05, 4.69) is 90.5 Å². The number of hydrogen-bond donors (Lipinski definition) is 3. The Kier molecular flexibility index (Phi) is 7.45. The van der Waals surface area contributed by atoms with Crippen LogP contribution in [0.25, 0.3) is 5.69 Å². The van der Waals surface area contributed by atoms with Gasteiger partial charge in [0.1, 0.15) is 11.9 Å². The van der Waals surface area contributed by atoms with Crippen molar-refractivity contribution in [2.24, 2.45) is 0 Å². The molecule has 2 fully saturated rings. The van der Waals surface area contributed by atoms with Crippen molar-refractivity contribution in [3.63, 3.8) is 0 Å². The number of ether oxygens (including phenoxy) is 1. The van der Waals surface area contributed by atoms with E-state index in [0.717, 1.165) is 77.0 Å². The molecule has 12 heteroatoms. The molecule has 2 atom stereocenters. The van der Waals surface area contributed by atoms with Crippen molar-refractivity contribution in [2.45, 2.75) is 39.4 Å². The fourth-order valence-electron chi connectivity index (χ4n) is 5.95. The summed E-state index contributed by atoms with van der Waals surface area (Å²) in [6, 6.07) is 11.0. The van der Waals surface area contributed by atoms with Crippen LogP contribution >= 0.6 is 15.9 Å². The molecule has 3 aliphatic heterocycles. The lowest BCUT2D eigenvalue weighted by molar-refractivity contribution is 0.122. The molecule has 6 rings (SSSR count). The molecule has 3 aromatic rings. The summed E-state index contributed by atoms with van der Waals surface area (Å²) >= 11 is 3.66. The topological polar surface area (TPSA) is 104 Å². The van der Waals surface area contributed by atoms with E-state index in [1.165, 1.54) is 5.69 Å². The molecule has 0 aliphatic carbocycles. The van der Waals surface area contributed by atoms with Crippen LogP contribution in [0.5, 0.6) is 0 Å². The summed E-state index contributed by atoms with van der Waals surface area (Å²) in [6.07, 6.45) is 2.39. The van der Waals surface area contributed by atoms with Gasteiger partial charge >= 0.3 is 0 Å². The Morgan fingerprint density at radius 2 is 1.82 bits per heavy atom. The molecule has 3 N–H and O–H groups in total. The van der Waals surface area contributed by atoms with Crippen molar-refractivity contribution in [1.29, 1.82) is 0 Å². The first-order valence-corrected chi connectivity index (χ1v) is 16.2. The van der Waals surface area contributed by atoms with Gasteiger partial charge in [-0.25, -0.2) is 13.4 Å². The van der Waals surface area contributed by atoms with Crippen LogP contribution in [0.1, 0.15) is 36.5 Å². The third kappa shape index (κ3) is 5.06. The van der Waals surface area contributed by atoms with E-state index in [1.54, 1.807) is 17.4 Å². The maximum atomic E-state index is 12.4. The number of aromatic nitrogens is 2. The number of nitrogens with zero attached hydrogens (tertiary/aromatic N) is 4. The smallest absolute Gasteiger partial charge is 0.213 e. The third-order valence-electron chi connectivity index (χ3n) is 8.13. The second-order valence-electron chi connectivity index (χ2n) is 10.6. The highest BCUT2D eigenvalue weighted by Crippen LogP contribution is 2.44. The maximum Gasteiger partial charge on any atom is 0.213 e. The summed E-state index contributed by atoms with van der Waals surface area (Å²) in [5.74, 6) is 0.892. The summed E-state index contributed by atoms with van der Waals surface area (Å²) in [7, 11) is -3.20. The number of fused-ring (bicyclic) bond motifs is 1. The van der Waals surface area contributed by atoms with Gasteiger partial charge < -0.3 is 30.2 Å². The van der Waals surface area contributed by atoms with Crippen molar-refractivity contribution in [1.82, 2.24) is 13.9 Å². The summed E-state index contributed by atoms with van der Waals surface area (Å²) in [5, 5.41) is 10.8. The van der Waals surface area contributed by atoms with Gasteiger partial charge in [-0.05, 0) is 73.5 Å². The van der Waals surface area contributed by atoms with Gasteiger partial charge in [-0.3, -0.25) is 0 Å². The average Bonchev–Trinajstić information content (AvgIpc) is 3.68. The lowest BCUT2D eigenvalue weighted by atomic mass is 10.2. The van der Waals surface area contributed by atoms with E-state index < -0.39 is 10.0 Å². The zero-order valence-corrected chi connectivity index (χ0v) is 25.5. The average molecular weight is 631 g/mol. The number of anilines is 4. The third-order valence-corrected chi connectivity index (χ3v) is 10.6. The van der Waals surface area contributed by atoms with E-state index >= 15 is 0 Å². The Bertz CT molecular complexity index is 1500. The minimum absolute atomic E-state index is 0.0236. The van der Waals surface area contributed by atoms with Gasteiger partial charge in [0.25, 0.3) is 0 Å². The molecule has 40 heavy (non-hydrogen) atoms. The maximum absolute atomic E-state index is 12.4. The first-order valence-electron chi connectivity index (χ1n) is 13.8. The SMILES string of the molecule is CCS(=O)(=O)N1CCC(Nc2c(Br)cnc3c2NC(c2cc(C)n(-c4ccc(N5CCOCC5)cc4)c2C)N3)C1. The summed E-state index contributed by atoms with van der Waals surface area (Å²) in [5.41, 5.74) is 7.59. The van der Waals surface area contributed by atoms with Gasteiger partial charge in [0, 0.05) is 66.7 Å². The second-order valence-corrected chi connectivity index (χ2v) is 13.7. The van der Waals surface area contributed by atoms with E-state index in [4.69, 9.17) is 4.74 Å². The van der Waals surface area contributed by atoms with E-state index in [0.29, 0.717) is 13.1 Å². The van der Waals surface area contributed by atoms with Gasteiger partial charge in [-0.2, -0.15) is 4.31 Å². The van der Waals surface area contributed by atoms with Crippen LogP contribution in [0, 0.1) is 13.8 Å². The van der Waals surface area contributed by atoms with Crippen LogP contribution < -0.4 is 20.9 Å². The quantitative estimate of drug-likeness (QED) is 0.352. The van der Waals surface area contributed by atoms with Gasteiger partial charge in [0.15, 0.2) is 5.82 Å². The molecule has 0 bridgehead atoms. The molecule has 1 aromatic carbocycles. The molecule has 10 nitrogen and oxygen atoms in total. The van der Waals surface area contributed by atoms with Crippen molar-refractivity contribution in [3.8, 4) is 5.69 Å². The van der Waals surface area contributed by atoms with Crippen LogP contribution in [-0.2, 0) is 14.8 Å². The Balaban J connectivity index is 1.21. The molecular formula is C28H36BrN7O3S. The van der Waals surface area contributed by atoms with Crippen LogP contribution in [0.2, 0.25) is 0 Å².